The Bertz CT molecular complexity index is 1710. The van der Waals surface area contributed by atoms with Gasteiger partial charge in [0.05, 0.1) is 24.3 Å². The second kappa shape index (κ2) is 9.91. The summed E-state index contributed by atoms with van der Waals surface area (Å²) in [5.74, 6) is -0.239. The number of fused-ring (bicyclic) bond motifs is 4. The van der Waals surface area contributed by atoms with Crippen LogP contribution in [0.1, 0.15) is 24.2 Å². The lowest BCUT2D eigenvalue weighted by atomic mass is 9.92. The van der Waals surface area contributed by atoms with Gasteiger partial charge in [-0.1, -0.05) is 44.2 Å². The van der Waals surface area contributed by atoms with Gasteiger partial charge in [0.1, 0.15) is 16.8 Å². The first-order valence-corrected chi connectivity index (χ1v) is 13.5. The van der Waals surface area contributed by atoms with Gasteiger partial charge in [-0.25, -0.2) is 4.39 Å². The van der Waals surface area contributed by atoms with E-state index in [4.69, 9.17) is 9.47 Å². The maximum Gasteiger partial charge on any atom is 0.259 e. The van der Waals surface area contributed by atoms with E-state index >= 15 is 4.39 Å². The monoisotopic (exact) mass is 544 g/mol. The van der Waals surface area contributed by atoms with Crippen molar-refractivity contribution in [2.75, 3.05) is 58.8 Å². The Kier molecular flexibility index (Phi) is 6.51. The molecule has 1 saturated heterocycles. The third kappa shape index (κ3) is 4.49. The molecule has 1 aromatic heterocycles. The predicted molar refractivity (Wildman–Crippen MR) is 155 cm³/mol. The fourth-order valence-electron chi connectivity index (χ4n) is 5.87. The van der Waals surface area contributed by atoms with Gasteiger partial charge in [0.15, 0.2) is 17.3 Å². The SMILES string of the molecule is CN(C)CC(C)(C)CNc1c(F)cc2c(=O)c(C(=O)N3CCOCC3)cn3c2c1Oc1ccc2ccccc2c1-3. The zero-order chi connectivity index (χ0) is 28.2. The number of anilines is 1. The van der Waals surface area contributed by atoms with Gasteiger partial charge in [-0.2, -0.15) is 0 Å². The van der Waals surface area contributed by atoms with E-state index < -0.39 is 11.2 Å². The van der Waals surface area contributed by atoms with Gasteiger partial charge in [-0.3, -0.25) is 9.59 Å². The van der Waals surface area contributed by atoms with Crippen LogP contribution < -0.4 is 15.5 Å². The minimum absolute atomic E-state index is 0.00615. The Morgan fingerprint density at radius 2 is 1.85 bits per heavy atom. The molecule has 2 aliphatic rings. The summed E-state index contributed by atoms with van der Waals surface area (Å²) in [5.41, 5.74) is 0.634. The number of carbonyl (C=O) groups excluding carboxylic acids is 1. The number of nitrogens with zero attached hydrogens (tertiary/aromatic N) is 3. The van der Waals surface area contributed by atoms with E-state index in [1.807, 2.05) is 55.1 Å². The molecule has 1 N–H and O–H groups in total. The smallest absolute Gasteiger partial charge is 0.259 e. The van der Waals surface area contributed by atoms with Crippen LogP contribution in [0, 0.1) is 11.2 Å². The van der Waals surface area contributed by atoms with E-state index in [0.717, 1.165) is 17.3 Å². The summed E-state index contributed by atoms with van der Waals surface area (Å²) in [6.07, 6.45) is 1.59. The number of rotatable bonds is 6. The molecule has 6 rings (SSSR count). The lowest BCUT2D eigenvalue weighted by Gasteiger charge is -2.31. The second-order valence-electron chi connectivity index (χ2n) is 11.6. The van der Waals surface area contributed by atoms with Crippen molar-refractivity contribution in [2.24, 2.45) is 5.41 Å². The molecule has 1 amide bonds. The highest BCUT2D eigenvalue weighted by molar-refractivity contribution is 6.04. The number of nitrogens with one attached hydrogen (secondary N) is 1. The van der Waals surface area contributed by atoms with Crippen LogP contribution in [-0.4, -0.2) is 73.8 Å². The molecule has 0 aliphatic carbocycles. The normalized spacial score (nSPS) is 14.9. The average Bonchev–Trinajstić information content (AvgIpc) is 2.93. The zero-order valence-electron chi connectivity index (χ0n) is 23.2. The topological polar surface area (TPSA) is 76.0 Å². The molecule has 0 saturated carbocycles. The highest BCUT2D eigenvalue weighted by Gasteiger charge is 2.31. The van der Waals surface area contributed by atoms with Gasteiger partial charge in [0, 0.05) is 37.8 Å². The Hall–Kier alpha value is -3.95. The fraction of sp³-hybridized carbons (Fsp3) is 0.355. The summed E-state index contributed by atoms with van der Waals surface area (Å²) in [7, 11) is 4.00. The Labute approximate surface area is 231 Å². The van der Waals surface area contributed by atoms with Crippen LogP contribution in [0.3, 0.4) is 0 Å². The lowest BCUT2D eigenvalue weighted by molar-refractivity contribution is 0.0302. The van der Waals surface area contributed by atoms with Crippen LogP contribution in [0.4, 0.5) is 10.1 Å². The van der Waals surface area contributed by atoms with Gasteiger partial charge < -0.3 is 29.2 Å². The molecular weight excluding hydrogens is 511 g/mol. The van der Waals surface area contributed by atoms with Crippen molar-refractivity contribution in [3.63, 3.8) is 0 Å². The third-order valence-corrected chi connectivity index (χ3v) is 7.53. The molecule has 0 unspecified atom stereocenters. The van der Waals surface area contributed by atoms with Crippen LogP contribution >= 0.6 is 0 Å². The van der Waals surface area contributed by atoms with Crippen molar-refractivity contribution >= 4 is 33.3 Å². The maximum atomic E-state index is 15.8. The molecule has 8 nitrogen and oxygen atoms in total. The van der Waals surface area contributed by atoms with Crippen molar-refractivity contribution in [3.05, 3.63) is 70.3 Å². The van der Waals surface area contributed by atoms with E-state index in [-0.39, 0.29) is 33.7 Å². The average molecular weight is 545 g/mol. The summed E-state index contributed by atoms with van der Waals surface area (Å²) in [5, 5.41) is 5.25. The zero-order valence-corrected chi connectivity index (χ0v) is 23.2. The minimum atomic E-state index is -0.605. The standard InChI is InChI=1S/C31H33FN4O4/c1-31(2,18-34(3)4)17-33-25-23(32)15-21-27-29(25)40-24-10-9-19-7-5-6-8-20(19)26(24)36(27)16-22(28(21)37)30(38)35-11-13-39-14-12-35/h5-10,15-16,33H,11-14,17-18H2,1-4H3. The molecular formula is C31H33FN4O4. The van der Waals surface area contributed by atoms with Gasteiger partial charge in [-0.05, 0) is 37.0 Å². The number of amides is 1. The first-order chi connectivity index (χ1) is 19.1. The van der Waals surface area contributed by atoms with Crippen molar-refractivity contribution in [2.45, 2.75) is 13.8 Å². The van der Waals surface area contributed by atoms with Crippen LogP contribution in [0.25, 0.3) is 27.4 Å². The summed E-state index contributed by atoms with van der Waals surface area (Å²) in [6, 6.07) is 12.9. The van der Waals surface area contributed by atoms with Crippen LogP contribution in [0.15, 0.2) is 53.5 Å². The predicted octanol–water partition coefficient (Wildman–Crippen LogP) is 4.86. The molecule has 4 aromatic rings. The van der Waals surface area contributed by atoms with Crippen molar-refractivity contribution < 1.29 is 18.7 Å². The highest BCUT2D eigenvalue weighted by Crippen LogP contribution is 2.47. The van der Waals surface area contributed by atoms with Crippen LogP contribution in [0.5, 0.6) is 11.5 Å². The number of pyridine rings is 1. The van der Waals surface area contributed by atoms with E-state index in [1.54, 1.807) is 11.1 Å². The lowest BCUT2D eigenvalue weighted by Crippen LogP contribution is -2.42. The van der Waals surface area contributed by atoms with E-state index in [9.17, 15) is 9.59 Å². The molecule has 9 heteroatoms. The summed E-state index contributed by atoms with van der Waals surface area (Å²) >= 11 is 0. The number of morpholine rings is 1. The van der Waals surface area contributed by atoms with E-state index in [1.165, 1.54) is 6.07 Å². The molecule has 2 aliphatic heterocycles. The first-order valence-electron chi connectivity index (χ1n) is 13.5. The minimum Gasteiger partial charge on any atom is -0.451 e. The summed E-state index contributed by atoms with van der Waals surface area (Å²) in [6.45, 7) is 7.08. The number of ether oxygens (including phenoxy) is 2. The Morgan fingerprint density at radius 3 is 2.60 bits per heavy atom. The quantitative estimate of drug-likeness (QED) is 0.329. The van der Waals surface area contributed by atoms with Gasteiger partial charge in [-0.15, -0.1) is 0 Å². The molecule has 40 heavy (non-hydrogen) atoms. The second-order valence-corrected chi connectivity index (χ2v) is 11.6. The fourth-order valence-corrected chi connectivity index (χ4v) is 5.87. The van der Waals surface area contributed by atoms with E-state index in [0.29, 0.717) is 49.8 Å². The van der Waals surface area contributed by atoms with Crippen molar-refractivity contribution in [1.82, 2.24) is 14.4 Å². The first kappa shape index (κ1) is 26.3. The third-order valence-electron chi connectivity index (χ3n) is 7.53. The molecule has 0 spiro atoms. The molecule has 3 heterocycles. The van der Waals surface area contributed by atoms with Crippen molar-refractivity contribution in [3.8, 4) is 17.2 Å². The molecule has 3 aromatic carbocycles. The molecule has 0 radical (unpaired) electrons. The Morgan fingerprint density at radius 1 is 1.10 bits per heavy atom. The molecule has 208 valence electrons. The van der Waals surface area contributed by atoms with Crippen molar-refractivity contribution in [1.29, 1.82) is 0 Å². The number of benzene rings is 3. The molecule has 1 fully saturated rings. The maximum absolute atomic E-state index is 15.8. The number of aromatic nitrogens is 1. The summed E-state index contributed by atoms with van der Waals surface area (Å²) in [4.78, 5) is 31.1. The molecule has 0 atom stereocenters. The van der Waals surface area contributed by atoms with E-state index in [2.05, 4.69) is 24.1 Å². The Balaban J connectivity index is 1.59. The number of hydrogen-bond donors (Lipinski definition) is 1. The van der Waals surface area contributed by atoms with Gasteiger partial charge >= 0.3 is 0 Å². The molecule has 0 bridgehead atoms. The van der Waals surface area contributed by atoms with Gasteiger partial charge in [0.25, 0.3) is 5.91 Å². The summed E-state index contributed by atoms with van der Waals surface area (Å²) < 4.78 is 29.5. The largest absolute Gasteiger partial charge is 0.451 e. The van der Waals surface area contributed by atoms with Gasteiger partial charge in [0.2, 0.25) is 5.43 Å². The van der Waals surface area contributed by atoms with Crippen LogP contribution in [0.2, 0.25) is 0 Å². The number of halogens is 1. The van der Waals surface area contributed by atoms with Crippen LogP contribution in [-0.2, 0) is 4.74 Å². The number of carbonyl (C=O) groups is 1. The highest BCUT2D eigenvalue weighted by atomic mass is 19.1. The number of hydrogen-bond acceptors (Lipinski definition) is 6.